The summed E-state index contributed by atoms with van der Waals surface area (Å²) < 4.78 is 13.6. The van der Waals surface area contributed by atoms with Crippen molar-refractivity contribution in [3.63, 3.8) is 0 Å². The van der Waals surface area contributed by atoms with Gasteiger partial charge in [0.25, 0.3) is 0 Å². The van der Waals surface area contributed by atoms with E-state index in [0.29, 0.717) is 5.92 Å². The third-order valence-corrected chi connectivity index (χ3v) is 3.86. The number of anilines is 1. The van der Waals surface area contributed by atoms with Crippen LogP contribution >= 0.6 is 0 Å². The van der Waals surface area contributed by atoms with E-state index in [0.717, 1.165) is 37.8 Å². The molecule has 108 valence electrons. The van der Waals surface area contributed by atoms with Crippen molar-refractivity contribution in [2.24, 2.45) is 11.8 Å². The Labute approximate surface area is 117 Å². The van der Waals surface area contributed by atoms with Crippen molar-refractivity contribution in [3.8, 4) is 0 Å². The molecule has 2 N–H and O–H groups in total. The molecule has 1 aliphatic carbocycles. The smallest absolute Gasteiger partial charge is 0.335 e. The van der Waals surface area contributed by atoms with Crippen molar-refractivity contribution in [1.82, 2.24) is 0 Å². The number of carbonyl (C=O) groups excluding carboxylic acids is 1. The molecule has 4 nitrogen and oxygen atoms in total. The standard InChI is InChI=1S/C15H18FNO3/c1-9-2-4-10(5-3-9)14(18)17-13-8-11(15(19)20)6-7-12(13)16/h6-10H,2-5H2,1H3,(H,17,18)(H,19,20). The number of rotatable bonds is 3. The van der Waals surface area contributed by atoms with Crippen LogP contribution in [0.3, 0.4) is 0 Å². The van der Waals surface area contributed by atoms with Gasteiger partial charge < -0.3 is 10.4 Å². The van der Waals surface area contributed by atoms with Crippen LogP contribution in [0, 0.1) is 17.7 Å². The minimum absolute atomic E-state index is 0.0426. The zero-order chi connectivity index (χ0) is 14.7. The number of carbonyl (C=O) groups is 2. The number of nitrogens with one attached hydrogen (secondary N) is 1. The van der Waals surface area contributed by atoms with Gasteiger partial charge in [0.1, 0.15) is 5.82 Å². The lowest BCUT2D eigenvalue weighted by molar-refractivity contribution is -0.121. The summed E-state index contributed by atoms with van der Waals surface area (Å²) >= 11 is 0. The van der Waals surface area contributed by atoms with Gasteiger partial charge in [-0.2, -0.15) is 0 Å². The van der Waals surface area contributed by atoms with Crippen LogP contribution < -0.4 is 5.32 Å². The SMILES string of the molecule is CC1CCC(C(=O)Nc2cc(C(=O)O)ccc2F)CC1. The Hall–Kier alpha value is -1.91. The molecule has 2 rings (SSSR count). The highest BCUT2D eigenvalue weighted by Crippen LogP contribution is 2.29. The van der Waals surface area contributed by atoms with Crippen LogP contribution in [0.4, 0.5) is 10.1 Å². The van der Waals surface area contributed by atoms with Crippen LogP contribution in [-0.2, 0) is 4.79 Å². The topological polar surface area (TPSA) is 66.4 Å². The number of halogens is 1. The first-order valence-electron chi connectivity index (χ1n) is 6.81. The predicted molar refractivity (Wildman–Crippen MR) is 73.1 cm³/mol. The molecule has 1 aromatic rings. The summed E-state index contributed by atoms with van der Waals surface area (Å²) in [6, 6.07) is 3.39. The van der Waals surface area contributed by atoms with Crippen molar-refractivity contribution in [2.75, 3.05) is 5.32 Å². The molecule has 1 amide bonds. The van der Waals surface area contributed by atoms with Crippen molar-refractivity contribution < 1.29 is 19.1 Å². The first-order chi connectivity index (χ1) is 9.47. The summed E-state index contributed by atoms with van der Waals surface area (Å²) in [5, 5.41) is 11.4. The van der Waals surface area contributed by atoms with Crippen LogP contribution in [-0.4, -0.2) is 17.0 Å². The van der Waals surface area contributed by atoms with Crippen molar-refractivity contribution in [2.45, 2.75) is 32.6 Å². The summed E-state index contributed by atoms with van der Waals surface area (Å²) in [6.07, 6.45) is 3.59. The van der Waals surface area contributed by atoms with Crippen LogP contribution in [0.15, 0.2) is 18.2 Å². The van der Waals surface area contributed by atoms with E-state index in [1.165, 1.54) is 6.07 Å². The number of carboxylic acids is 1. The molecule has 0 unspecified atom stereocenters. The average molecular weight is 279 g/mol. The molecule has 0 aliphatic heterocycles. The molecule has 0 radical (unpaired) electrons. The number of amides is 1. The highest BCUT2D eigenvalue weighted by Gasteiger charge is 2.25. The fourth-order valence-electron chi connectivity index (χ4n) is 2.51. The number of aromatic carboxylic acids is 1. The van der Waals surface area contributed by atoms with E-state index < -0.39 is 11.8 Å². The monoisotopic (exact) mass is 279 g/mol. The van der Waals surface area contributed by atoms with Gasteiger partial charge in [0, 0.05) is 5.92 Å². The molecule has 0 spiro atoms. The fraction of sp³-hybridized carbons (Fsp3) is 0.467. The molecular weight excluding hydrogens is 261 g/mol. The second kappa shape index (κ2) is 6.03. The van der Waals surface area contributed by atoms with Gasteiger partial charge in [0.2, 0.25) is 5.91 Å². The summed E-state index contributed by atoms with van der Waals surface area (Å²) in [5.41, 5.74) is -0.104. The fourth-order valence-corrected chi connectivity index (χ4v) is 2.51. The molecule has 1 saturated carbocycles. The minimum Gasteiger partial charge on any atom is -0.478 e. The van der Waals surface area contributed by atoms with Crippen LogP contribution in [0.5, 0.6) is 0 Å². The number of hydrogen-bond donors (Lipinski definition) is 2. The van der Waals surface area contributed by atoms with Gasteiger partial charge in [-0.1, -0.05) is 6.92 Å². The van der Waals surface area contributed by atoms with Crippen molar-refractivity contribution >= 4 is 17.6 Å². The molecule has 20 heavy (non-hydrogen) atoms. The molecule has 0 aromatic heterocycles. The average Bonchev–Trinajstić information content (AvgIpc) is 2.41. The normalized spacial score (nSPS) is 22.3. The molecule has 1 fully saturated rings. The molecule has 1 aromatic carbocycles. The largest absolute Gasteiger partial charge is 0.478 e. The Balaban J connectivity index is 2.07. The zero-order valence-corrected chi connectivity index (χ0v) is 11.4. The number of benzene rings is 1. The first-order valence-corrected chi connectivity index (χ1v) is 6.81. The Morgan fingerprint density at radius 1 is 1.25 bits per heavy atom. The highest BCUT2D eigenvalue weighted by molar-refractivity contribution is 5.95. The lowest BCUT2D eigenvalue weighted by atomic mass is 9.82. The minimum atomic E-state index is -1.15. The summed E-state index contributed by atoms with van der Waals surface area (Å²) in [7, 11) is 0. The highest BCUT2D eigenvalue weighted by atomic mass is 19.1. The molecular formula is C15H18FNO3. The van der Waals surface area contributed by atoms with Gasteiger partial charge in [-0.05, 0) is 49.8 Å². The maximum atomic E-state index is 13.6. The number of carboxylic acid groups (broad SMARTS) is 1. The Morgan fingerprint density at radius 3 is 2.50 bits per heavy atom. The van der Waals surface area contributed by atoms with E-state index in [2.05, 4.69) is 12.2 Å². The van der Waals surface area contributed by atoms with E-state index in [9.17, 15) is 14.0 Å². The first kappa shape index (κ1) is 14.5. The Kier molecular flexibility index (Phi) is 4.37. The molecule has 0 saturated heterocycles. The quantitative estimate of drug-likeness (QED) is 0.892. The summed E-state index contributed by atoms with van der Waals surface area (Å²) in [5.74, 6) is -1.47. The lowest BCUT2D eigenvalue weighted by Crippen LogP contribution is -2.27. The van der Waals surface area contributed by atoms with Crippen molar-refractivity contribution in [3.05, 3.63) is 29.6 Å². The van der Waals surface area contributed by atoms with E-state index in [4.69, 9.17) is 5.11 Å². The van der Waals surface area contributed by atoms with Gasteiger partial charge in [-0.15, -0.1) is 0 Å². The van der Waals surface area contributed by atoms with Gasteiger partial charge in [-0.25, -0.2) is 9.18 Å². The van der Waals surface area contributed by atoms with E-state index >= 15 is 0 Å². The molecule has 0 bridgehead atoms. The Morgan fingerprint density at radius 2 is 1.90 bits per heavy atom. The zero-order valence-electron chi connectivity index (χ0n) is 11.4. The van der Waals surface area contributed by atoms with Gasteiger partial charge in [0.15, 0.2) is 0 Å². The van der Waals surface area contributed by atoms with Crippen LogP contribution in [0.2, 0.25) is 0 Å². The molecule has 1 aliphatic rings. The maximum absolute atomic E-state index is 13.6. The molecule has 0 heterocycles. The lowest BCUT2D eigenvalue weighted by Gasteiger charge is -2.25. The second-order valence-electron chi connectivity index (χ2n) is 5.45. The Bertz CT molecular complexity index is 522. The maximum Gasteiger partial charge on any atom is 0.335 e. The summed E-state index contributed by atoms with van der Waals surface area (Å²) in [4.78, 5) is 22.9. The van der Waals surface area contributed by atoms with Gasteiger partial charge in [-0.3, -0.25) is 4.79 Å². The third kappa shape index (κ3) is 3.35. The molecule has 5 heteroatoms. The summed E-state index contributed by atoms with van der Waals surface area (Å²) in [6.45, 7) is 2.16. The van der Waals surface area contributed by atoms with Gasteiger partial charge >= 0.3 is 5.97 Å². The van der Waals surface area contributed by atoms with Gasteiger partial charge in [0.05, 0.1) is 11.3 Å². The number of hydrogen-bond acceptors (Lipinski definition) is 2. The van der Waals surface area contributed by atoms with Crippen molar-refractivity contribution in [1.29, 1.82) is 0 Å². The second-order valence-corrected chi connectivity index (χ2v) is 5.45. The van der Waals surface area contributed by atoms with E-state index in [-0.39, 0.29) is 23.1 Å². The van der Waals surface area contributed by atoms with E-state index in [1.807, 2.05) is 0 Å². The predicted octanol–water partition coefficient (Wildman–Crippen LogP) is 3.29. The van der Waals surface area contributed by atoms with Crippen LogP contribution in [0.1, 0.15) is 43.0 Å². The third-order valence-electron chi connectivity index (χ3n) is 3.86. The van der Waals surface area contributed by atoms with Crippen LogP contribution in [0.25, 0.3) is 0 Å². The molecule has 0 atom stereocenters. The van der Waals surface area contributed by atoms with E-state index in [1.54, 1.807) is 0 Å².